The van der Waals surface area contributed by atoms with Crippen molar-refractivity contribution in [3.05, 3.63) is 64.6 Å². The number of nitro groups is 2. The first-order valence-corrected chi connectivity index (χ1v) is 8.91. The van der Waals surface area contributed by atoms with E-state index in [9.17, 15) is 59.7 Å². The van der Waals surface area contributed by atoms with E-state index in [1.807, 2.05) is 0 Å². The Kier molecular flexibility index (Phi) is 6.82. The molecule has 0 amide bonds. The summed E-state index contributed by atoms with van der Waals surface area (Å²) in [6, 6.07) is 0.0584. The van der Waals surface area contributed by atoms with Crippen molar-refractivity contribution in [3.8, 4) is 0 Å². The molecule has 0 aliphatic carbocycles. The lowest BCUT2D eigenvalue weighted by molar-refractivity contribution is -0.394. The molecule has 0 fully saturated rings. The molecule has 0 saturated carbocycles. The highest BCUT2D eigenvalue weighted by atomic mass is 79.9. The van der Waals surface area contributed by atoms with Crippen LogP contribution in [0.3, 0.4) is 0 Å². The fourth-order valence-corrected chi connectivity index (χ4v) is 3.61. The highest BCUT2D eigenvalue weighted by Crippen LogP contribution is 2.52. The number of hydrogen-bond donors (Lipinski definition) is 1. The molecule has 2 aromatic carbocycles. The maximum atomic E-state index is 13.6. The second-order valence-corrected chi connectivity index (χ2v) is 7.25. The normalized spacial score (nSPS) is 12.6. The summed E-state index contributed by atoms with van der Waals surface area (Å²) >= 11 is 7.75. The molecular weight excluding hydrogens is 573 g/mol. The Bertz CT molecular complexity index is 1150. The van der Waals surface area contributed by atoms with Gasteiger partial charge in [0.1, 0.15) is 5.69 Å². The van der Waals surface area contributed by atoms with Crippen LogP contribution >= 0.6 is 27.5 Å². The van der Waals surface area contributed by atoms with Gasteiger partial charge in [-0.15, -0.1) is 0 Å². The van der Waals surface area contributed by atoms with Gasteiger partial charge >= 0.3 is 18.5 Å². The molecule has 1 N–H and O–H groups in total. The van der Waals surface area contributed by atoms with Gasteiger partial charge in [0.25, 0.3) is 11.4 Å². The topological polar surface area (TPSA) is 98.3 Å². The van der Waals surface area contributed by atoms with Crippen LogP contribution in [0.2, 0.25) is 5.02 Å². The van der Waals surface area contributed by atoms with Gasteiger partial charge < -0.3 is 5.32 Å². The largest absolute Gasteiger partial charge is 0.419 e. The summed E-state index contributed by atoms with van der Waals surface area (Å²) in [5, 5.41) is 22.0. The third-order valence-electron chi connectivity index (χ3n) is 3.86. The maximum absolute atomic E-state index is 13.6. The molecule has 0 spiro atoms. The van der Waals surface area contributed by atoms with Crippen molar-refractivity contribution in [2.45, 2.75) is 18.5 Å². The number of non-ortho nitro benzene ring substituents is 1. The van der Waals surface area contributed by atoms with Gasteiger partial charge in [-0.1, -0.05) is 11.6 Å². The minimum Gasteiger partial charge on any atom is -0.348 e. The summed E-state index contributed by atoms with van der Waals surface area (Å²) in [5.41, 5.74) is -13.8. The van der Waals surface area contributed by atoms with Crippen LogP contribution in [-0.4, -0.2) is 9.85 Å². The van der Waals surface area contributed by atoms with Crippen molar-refractivity contribution < 1.29 is 49.4 Å². The number of nitrogens with zero attached hydrogens (tertiary/aromatic N) is 2. The molecule has 18 heteroatoms. The van der Waals surface area contributed by atoms with Crippen LogP contribution in [-0.2, 0) is 18.5 Å². The molecule has 0 saturated heterocycles. The van der Waals surface area contributed by atoms with Crippen molar-refractivity contribution in [2.75, 3.05) is 5.32 Å². The smallest absolute Gasteiger partial charge is 0.348 e. The summed E-state index contributed by atoms with van der Waals surface area (Å²) < 4.78 is 120. The quantitative estimate of drug-likeness (QED) is 0.228. The number of anilines is 2. The SMILES string of the molecule is O=[N+]([O-])c1cc([N+](=O)[O-])c(Nc2c(Br)cc(Cl)c(C(F)(F)F)c2C(F)(F)F)c(C(F)(F)F)c1. The van der Waals surface area contributed by atoms with Crippen molar-refractivity contribution in [3.63, 3.8) is 0 Å². The van der Waals surface area contributed by atoms with Crippen LogP contribution in [0.4, 0.5) is 62.3 Å². The van der Waals surface area contributed by atoms with Gasteiger partial charge in [0.15, 0.2) is 0 Å². The molecule has 33 heavy (non-hydrogen) atoms. The van der Waals surface area contributed by atoms with Crippen molar-refractivity contribution in [2.24, 2.45) is 0 Å². The summed E-state index contributed by atoms with van der Waals surface area (Å²) in [6.07, 6.45) is -17.2. The maximum Gasteiger partial charge on any atom is 0.419 e. The Balaban J connectivity index is 3.02. The van der Waals surface area contributed by atoms with Crippen LogP contribution < -0.4 is 5.32 Å². The molecule has 180 valence electrons. The zero-order chi connectivity index (χ0) is 25.7. The number of rotatable bonds is 4. The van der Waals surface area contributed by atoms with E-state index in [2.05, 4.69) is 15.9 Å². The number of alkyl halides is 9. The lowest BCUT2D eigenvalue weighted by atomic mass is 10.0. The molecule has 2 aromatic rings. The van der Waals surface area contributed by atoms with E-state index in [0.29, 0.717) is 0 Å². The number of hydrogen-bond acceptors (Lipinski definition) is 5. The third kappa shape index (κ3) is 5.40. The zero-order valence-corrected chi connectivity index (χ0v) is 17.3. The summed E-state index contributed by atoms with van der Waals surface area (Å²) in [7, 11) is 0. The highest BCUT2D eigenvalue weighted by molar-refractivity contribution is 9.10. The Hall–Kier alpha value is -2.82. The molecule has 0 radical (unpaired) electrons. The van der Waals surface area contributed by atoms with Gasteiger partial charge in [0.2, 0.25) is 0 Å². The number of nitro benzene ring substituents is 2. The number of nitrogens with one attached hydrogen (secondary N) is 1. The second kappa shape index (κ2) is 8.51. The first-order valence-electron chi connectivity index (χ1n) is 7.74. The minimum atomic E-state index is -5.87. The monoisotopic (exact) mass is 575 g/mol. The summed E-state index contributed by atoms with van der Waals surface area (Å²) in [5.74, 6) is 0. The molecule has 0 heterocycles. The molecule has 0 aliphatic rings. The van der Waals surface area contributed by atoms with Crippen LogP contribution in [0.1, 0.15) is 16.7 Å². The van der Waals surface area contributed by atoms with E-state index in [-0.39, 0.29) is 18.2 Å². The predicted molar refractivity (Wildman–Crippen MR) is 97.2 cm³/mol. The molecule has 0 bridgehead atoms. The summed E-state index contributed by atoms with van der Waals surface area (Å²) in [4.78, 5) is 19.1. The van der Waals surface area contributed by atoms with E-state index in [1.54, 1.807) is 0 Å². The van der Waals surface area contributed by atoms with E-state index in [4.69, 9.17) is 11.6 Å². The van der Waals surface area contributed by atoms with Crippen LogP contribution in [0.15, 0.2) is 22.7 Å². The van der Waals surface area contributed by atoms with E-state index >= 15 is 0 Å². The van der Waals surface area contributed by atoms with Crippen LogP contribution in [0, 0.1) is 20.2 Å². The second-order valence-electron chi connectivity index (χ2n) is 5.99. The van der Waals surface area contributed by atoms with E-state index in [1.165, 1.54) is 5.32 Å². The fraction of sp³-hybridized carbons (Fsp3) is 0.200. The average Bonchev–Trinajstić information content (AvgIpc) is 2.59. The first-order chi connectivity index (χ1) is 14.8. The van der Waals surface area contributed by atoms with Gasteiger partial charge in [-0.3, -0.25) is 20.2 Å². The molecular formula is C15H4BrClF9N3O4. The van der Waals surface area contributed by atoms with Crippen LogP contribution in [0.25, 0.3) is 0 Å². The Labute approximate surface area is 188 Å². The molecule has 2 rings (SSSR count). The van der Waals surface area contributed by atoms with E-state index in [0.717, 1.165) is 0 Å². The molecule has 7 nitrogen and oxygen atoms in total. The molecule has 0 atom stereocenters. The van der Waals surface area contributed by atoms with Crippen molar-refractivity contribution in [1.82, 2.24) is 0 Å². The van der Waals surface area contributed by atoms with Gasteiger partial charge in [-0.25, -0.2) is 0 Å². The molecule has 0 aliphatic heterocycles. The molecule has 0 aromatic heterocycles. The minimum absolute atomic E-state index is 0.000667. The fourth-order valence-electron chi connectivity index (χ4n) is 2.64. The lowest BCUT2D eigenvalue weighted by Gasteiger charge is -2.23. The first kappa shape index (κ1) is 26.4. The number of halogens is 11. The Morgan fingerprint density at radius 2 is 1.30 bits per heavy atom. The molecule has 0 unspecified atom stereocenters. The average molecular weight is 577 g/mol. The van der Waals surface area contributed by atoms with Crippen LogP contribution in [0.5, 0.6) is 0 Å². The Morgan fingerprint density at radius 1 is 0.788 bits per heavy atom. The predicted octanol–water partition coefficient (Wildman–Crippen LogP) is 7.72. The van der Waals surface area contributed by atoms with Gasteiger partial charge in [0.05, 0.1) is 43.3 Å². The van der Waals surface area contributed by atoms with E-state index < -0.39 is 77.3 Å². The Morgan fingerprint density at radius 3 is 1.70 bits per heavy atom. The third-order valence-corrected chi connectivity index (χ3v) is 4.79. The lowest BCUT2D eigenvalue weighted by Crippen LogP contribution is -2.20. The summed E-state index contributed by atoms with van der Waals surface area (Å²) in [6.45, 7) is 0. The standard InChI is InChI=1S/C15H4BrClF9N3O4/c16-6-3-7(17)9(14(21,22)23)10(15(24,25)26)12(6)27-11-5(13(18,19)20)1-4(28(30)31)2-8(11)29(32)33/h1-3,27H. The van der Waals surface area contributed by atoms with Crippen molar-refractivity contribution in [1.29, 1.82) is 0 Å². The van der Waals surface area contributed by atoms with Gasteiger partial charge in [-0.2, -0.15) is 39.5 Å². The number of benzene rings is 2. The van der Waals surface area contributed by atoms with Gasteiger partial charge in [-0.05, 0) is 22.0 Å². The van der Waals surface area contributed by atoms with Crippen molar-refractivity contribution >= 4 is 50.3 Å². The zero-order valence-electron chi connectivity index (χ0n) is 14.9. The highest BCUT2D eigenvalue weighted by Gasteiger charge is 2.48. The van der Waals surface area contributed by atoms with Gasteiger partial charge in [0, 0.05) is 10.5 Å².